The number of hydrogen-bond acceptors (Lipinski definition) is 5. The van der Waals surface area contributed by atoms with E-state index >= 15 is 0 Å². The number of aliphatic hydroxyl groups excluding tert-OH is 1. The van der Waals surface area contributed by atoms with Gasteiger partial charge >= 0.3 is 6.03 Å². The van der Waals surface area contributed by atoms with E-state index < -0.39 is 0 Å². The first-order valence-corrected chi connectivity index (χ1v) is 14.8. The van der Waals surface area contributed by atoms with Gasteiger partial charge in [-0.3, -0.25) is 9.59 Å². The van der Waals surface area contributed by atoms with Crippen LogP contribution >= 0.6 is 0 Å². The van der Waals surface area contributed by atoms with Crippen molar-refractivity contribution in [3.63, 3.8) is 0 Å². The number of rotatable bonds is 7. The molecule has 2 aliphatic carbocycles. The predicted molar refractivity (Wildman–Crippen MR) is 151 cm³/mol. The number of nitrogens with zero attached hydrogens (tertiary/aromatic N) is 2. The fourth-order valence-corrected chi connectivity index (χ4v) is 6.01. The minimum Gasteiger partial charge on any atom is -0.487 e. The van der Waals surface area contributed by atoms with Crippen LogP contribution in [0.2, 0.25) is 0 Å². The third kappa shape index (κ3) is 7.44. The van der Waals surface area contributed by atoms with Gasteiger partial charge in [-0.15, -0.1) is 0 Å². The molecule has 3 atom stereocenters. The summed E-state index contributed by atoms with van der Waals surface area (Å²) in [7, 11) is 1.77. The molecule has 0 saturated heterocycles. The average Bonchev–Trinajstić information content (AvgIpc) is 2.95. The Morgan fingerprint density at radius 3 is 2.44 bits per heavy atom. The molecule has 1 aromatic rings. The quantitative estimate of drug-likeness (QED) is 0.473. The number of urea groups is 1. The Hall–Kier alpha value is -2.81. The zero-order chi connectivity index (χ0) is 27.9. The molecule has 0 radical (unpaired) electrons. The Labute approximate surface area is 232 Å². The van der Waals surface area contributed by atoms with Gasteiger partial charge in [0.1, 0.15) is 11.9 Å². The van der Waals surface area contributed by atoms with Crippen molar-refractivity contribution in [2.75, 3.05) is 32.1 Å². The first kappa shape index (κ1) is 29.2. The van der Waals surface area contributed by atoms with E-state index in [1.54, 1.807) is 35.0 Å². The molecule has 216 valence electrons. The van der Waals surface area contributed by atoms with Gasteiger partial charge in [0.05, 0.1) is 24.8 Å². The van der Waals surface area contributed by atoms with Crippen LogP contribution in [-0.2, 0) is 4.79 Å². The number of nitrogens with one attached hydrogen (secondary N) is 2. The number of ether oxygens (including phenoxy) is 1. The molecular weight excluding hydrogens is 496 g/mol. The van der Waals surface area contributed by atoms with Crippen molar-refractivity contribution in [2.45, 2.75) is 96.2 Å². The van der Waals surface area contributed by atoms with Gasteiger partial charge in [0.2, 0.25) is 5.91 Å². The summed E-state index contributed by atoms with van der Waals surface area (Å²) in [4.78, 5) is 42.8. The molecule has 0 aromatic heterocycles. The molecule has 39 heavy (non-hydrogen) atoms. The summed E-state index contributed by atoms with van der Waals surface area (Å²) >= 11 is 0. The molecule has 2 saturated carbocycles. The SMILES string of the molecule is C[C@H]1CN([C@@H](C)CO)C(=O)c2cc(NC(=O)C3CCCCC3)ccc2O[C@@H]1CN(C)C(=O)NC1CCCCC1. The Balaban J connectivity index is 1.53. The van der Waals surface area contributed by atoms with E-state index in [9.17, 15) is 19.5 Å². The summed E-state index contributed by atoms with van der Waals surface area (Å²) in [5.41, 5.74) is 0.912. The number of carbonyl (C=O) groups is 3. The highest BCUT2D eigenvalue weighted by atomic mass is 16.5. The lowest BCUT2D eigenvalue weighted by molar-refractivity contribution is -0.120. The summed E-state index contributed by atoms with van der Waals surface area (Å²) in [5.74, 6) is 0.0786. The fourth-order valence-electron chi connectivity index (χ4n) is 6.01. The zero-order valence-corrected chi connectivity index (χ0v) is 23.8. The Morgan fingerprint density at radius 2 is 1.77 bits per heavy atom. The maximum Gasteiger partial charge on any atom is 0.317 e. The molecule has 4 rings (SSSR count). The molecule has 3 aliphatic rings. The largest absolute Gasteiger partial charge is 0.487 e. The third-order valence-corrected chi connectivity index (χ3v) is 8.64. The van der Waals surface area contributed by atoms with Gasteiger partial charge in [0.15, 0.2) is 0 Å². The number of carbonyl (C=O) groups excluding carboxylic acids is 3. The number of fused-ring (bicyclic) bond motifs is 1. The lowest BCUT2D eigenvalue weighted by Gasteiger charge is -2.38. The van der Waals surface area contributed by atoms with E-state index in [0.29, 0.717) is 30.1 Å². The van der Waals surface area contributed by atoms with Gasteiger partial charge in [-0.2, -0.15) is 0 Å². The van der Waals surface area contributed by atoms with E-state index in [1.807, 2.05) is 13.8 Å². The monoisotopic (exact) mass is 542 g/mol. The Kier molecular flexibility index (Phi) is 10.1. The van der Waals surface area contributed by atoms with Crippen LogP contribution in [0, 0.1) is 11.8 Å². The standard InChI is InChI=1S/C30H46N4O5/c1-20-17-34(21(2)19-35)29(37)25-16-24(31-28(36)22-10-6-4-7-11-22)14-15-26(25)39-27(20)18-33(3)30(38)32-23-12-8-5-9-13-23/h14-16,20-23,27,35H,4-13,17-19H2,1-3H3,(H,31,36)(H,32,38)/t20-,21-,27+/m0/s1. The van der Waals surface area contributed by atoms with Crippen LogP contribution in [0.1, 0.15) is 88.4 Å². The van der Waals surface area contributed by atoms with E-state index in [-0.39, 0.29) is 54.5 Å². The number of likely N-dealkylation sites (N-methyl/N-ethyl adjacent to an activating group) is 1. The lowest BCUT2D eigenvalue weighted by Crippen LogP contribution is -2.52. The van der Waals surface area contributed by atoms with Crippen molar-refractivity contribution in [2.24, 2.45) is 11.8 Å². The van der Waals surface area contributed by atoms with Gasteiger partial charge < -0.3 is 30.3 Å². The number of amides is 4. The maximum absolute atomic E-state index is 13.7. The van der Waals surface area contributed by atoms with E-state index in [1.165, 1.54) is 12.8 Å². The molecule has 9 nitrogen and oxygen atoms in total. The van der Waals surface area contributed by atoms with Crippen LogP contribution in [0.25, 0.3) is 0 Å². The van der Waals surface area contributed by atoms with Crippen LogP contribution in [0.15, 0.2) is 18.2 Å². The summed E-state index contributed by atoms with van der Waals surface area (Å²) in [6.45, 7) is 4.39. The van der Waals surface area contributed by atoms with Crippen LogP contribution in [0.4, 0.5) is 10.5 Å². The lowest BCUT2D eigenvalue weighted by atomic mass is 9.88. The summed E-state index contributed by atoms with van der Waals surface area (Å²) in [6.07, 6.45) is 10.3. The first-order valence-electron chi connectivity index (χ1n) is 14.8. The smallest absolute Gasteiger partial charge is 0.317 e. The molecule has 1 heterocycles. The number of benzene rings is 1. The molecule has 0 unspecified atom stereocenters. The molecule has 4 amide bonds. The molecule has 3 N–H and O–H groups in total. The minimum absolute atomic E-state index is 0.000792. The van der Waals surface area contributed by atoms with Crippen molar-refractivity contribution in [3.05, 3.63) is 23.8 Å². The van der Waals surface area contributed by atoms with Gasteiger partial charge in [0.25, 0.3) is 5.91 Å². The van der Waals surface area contributed by atoms with Crippen molar-refractivity contribution < 1.29 is 24.2 Å². The summed E-state index contributed by atoms with van der Waals surface area (Å²) in [6, 6.07) is 4.90. The Bertz CT molecular complexity index is 1010. The summed E-state index contributed by atoms with van der Waals surface area (Å²) in [5, 5.41) is 16.1. The molecule has 0 spiro atoms. The van der Waals surface area contributed by atoms with E-state index in [0.717, 1.165) is 51.4 Å². The first-order chi connectivity index (χ1) is 18.8. The van der Waals surface area contributed by atoms with Crippen LogP contribution in [0.5, 0.6) is 5.75 Å². The molecule has 9 heteroatoms. The van der Waals surface area contributed by atoms with Crippen molar-refractivity contribution in [1.29, 1.82) is 0 Å². The van der Waals surface area contributed by atoms with Crippen molar-refractivity contribution >= 4 is 23.5 Å². The highest BCUT2D eigenvalue weighted by Crippen LogP contribution is 2.32. The molecule has 1 aliphatic heterocycles. The highest BCUT2D eigenvalue weighted by Gasteiger charge is 2.34. The molecular formula is C30H46N4O5. The van der Waals surface area contributed by atoms with E-state index in [4.69, 9.17) is 4.74 Å². The molecule has 0 bridgehead atoms. The second-order valence-electron chi connectivity index (χ2n) is 11.8. The van der Waals surface area contributed by atoms with Crippen LogP contribution in [-0.4, -0.2) is 77.7 Å². The normalized spacial score (nSPS) is 23.6. The minimum atomic E-state index is -0.389. The fraction of sp³-hybridized carbons (Fsp3) is 0.700. The van der Waals surface area contributed by atoms with Crippen LogP contribution < -0.4 is 15.4 Å². The van der Waals surface area contributed by atoms with Crippen molar-refractivity contribution in [1.82, 2.24) is 15.1 Å². The van der Waals surface area contributed by atoms with Gasteiger partial charge in [-0.05, 0) is 50.8 Å². The van der Waals surface area contributed by atoms with Crippen LogP contribution in [0.3, 0.4) is 0 Å². The number of hydrogen-bond donors (Lipinski definition) is 3. The molecule has 1 aromatic carbocycles. The summed E-state index contributed by atoms with van der Waals surface area (Å²) < 4.78 is 6.42. The topological polar surface area (TPSA) is 111 Å². The van der Waals surface area contributed by atoms with Gasteiger partial charge in [-0.1, -0.05) is 45.4 Å². The second-order valence-corrected chi connectivity index (χ2v) is 11.8. The average molecular weight is 543 g/mol. The number of aliphatic hydroxyl groups is 1. The number of anilines is 1. The van der Waals surface area contributed by atoms with Gasteiger partial charge in [0, 0.05) is 37.2 Å². The zero-order valence-electron chi connectivity index (χ0n) is 23.8. The predicted octanol–water partition coefficient (Wildman–Crippen LogP) is 4.40. The highest BCUT2D eigenvalue weighted by molar-refractivity contribution is 6.00. The van der Waals surface area contributed by atoms with Crippen molar-refractivity contribution in [3.8, 4) is 5.75 Å². The Morgan fingerprint density at radius 1 is 1.10 bits per heavy atom. The maximum atomic E-state index is 13.7. The second kappa shape index (κ2) is 13.5. The van der Waals surface area contributed by atoms with Gasteiger partial charge in [-0.25, -0.2) is 4.79 Å². The third-order valence-electron chi connectivity index (χ3n) is 8.64. The van der Waals surface area contributed by atoms with E-state index in [2.05, 4.69) is 10.6 Å². The molecule has 2 fully saturated rings.